The second kappa shape index (κ2) is 3.72. The molecule has 0 aliphatic rings. The van der Waals surface area contributed by atoms with Crippen LogP contribution in [0.2, 0.25) is 0 Å². The van der Waals surface area contributed by atoms with E-state index in [-0.39, 0.29) is 24.0 Å². The number of halogens is 2. The van der Waals surface area contributed by atoms with Crippen LogP contribution in [-0.2, 0) is 6.54 Å². The van der Waals surface area contributed by atoms with Crippen LogP contribution in [0.5, 0.6) is 0 Å². The second-order valence-corrected chi connectivity index (χ2v) is 3.07. The molecule has 0 atom stereocenters. The number of hydrogen-bond donors (Lipinski definition) is 2. The third-order valence-electron chi connectivity index (χ3n) is 1.98. The Kier molecular flexibility index (Phi) is 2.39. The number of anilines is 2. The number of nitrogens with zero attached hydrogens (tertiary/aromatic N) is 4. The molecule has 0 unspecified atom stereocenters. The summed E-state index contributed by atoms with van der Waals surface area (Å²) in [6.07, 6.45) is 1.82. The Balaban J connectivity index is 2.37. The highest BCUT2D eigenvalue weighted by Gasteiger charge is 2.12. The van der Waals surface area contributed by atoms with E-state index in [9.17, 15) is 8.78 Å². The molecule has 0 saturated heterocycles. The molecule has 0 radical (unpaired) electrons. The Labute approximate surface area is 88.9 Å². The zero-order chi connectivity index (χ0) is 11.7. The minimum absolute atomic E-state index is 0.00638. The molecule has 0 amide bonds. The van der Waals surface area contributed by atoms with Crippen LogP contribution in [0.25, 0.3) is 0 Å². The topological polar surface area (TPSA) is 95.6 Å². The van der Waals surface area contributed by atoms with Gasteiger partial charge in [0.15, 0.2) is 0 Å². The van der Waals surface area contributed by atoms with Gasteiger partial charge in [0.25, 0.3) is 0 Å². The fourth-order valence-corrected chi connectivity index (χ4v) is 1.23. The molecule has 2 aromatic heterocycles. The molecule has 0 aliphatic carbocycles. The van der Waals surface area contributed by atoms with Crippen LogP contribution in [0.4, 0.5) is 20.7 Å². The highest BCUT2D eigenvalue weighted by atomic mass is 19.1. The molecule has 0 saturated carbocycles. The lowest BCUT2D eigenvalue weighted by Gasteiger charge is -2.04. The largest absolute Gasteiger partial charge is 0.368 e. The number of rotatable bonds is 2. The predicted octanol–water partition coefficient (Wildman–Crippen LogP) is 0.164. The van der Waals surface area contributed by atoms with Crippen molar-refractivity contribution in [3.63, 3.8) is 0 Å². The van der Waals surface area contributed by atoms with Gasteiger partial charge in [0.2, 0.25) is 11.9 Å². The van der Waals surface area contributed by atoms with Crippen molar-refractivity contribution in [3.05, 3.63) is 29.6 Å². The third kappa shape index (κ3) is 1.76. The van der Waals surface area contributed by atoms with Crippen molar-refractivity contribution < 1.29 is 8.78 Å². The zero-order valence-corrected chi connectivity index (χ0v) is 8.06. The molecular weight excluding hydrogens is 218 g/mol. The lowest BCUT2D eigenvalue weighted by Crippen LogP contribution is -2.10. The lowest BCUT2D eigenvalue weighted by molar-refractivity contribution is 0.526. The van der Waals surface area contributed by atoms with E-state index < -0.39 is 11.6 Å². The molecule has 0 aliphatic heterocycles. The minimum Gasteiger partial charge on any atom is -0.368 e. The van der Waals surface area contributed by atoms with Crippen LogP contribution < -0.4 is 11.5 Å². The molecule has 4 N–H and O–H groups in total. The monoisotopic (exact) mass is 226 g/mol. The average molecular weight is 226 g/mol. The summed E-state index contributed by atoms with van der Waals surface area (Å²) in [7, 11) is 0. The van der Waals surface area contributed by atoms with Gasteiger partial charge in [-0.15, -0.1) is 5.10 Å². The summed E-state index contributed by atoms with van der Waals surface area (Å²) in [5.41, 5.74) is 10.5. The highest BCUT2D eigenvalue weighted by molar-refractivity contribution is 5.28. The smallest absolute Gasteiger partial charge is 0.241 e. The van der Waals surface area contributed by atoms with E-state index in [1.54, 1.807) is 0 Å². The summed E-state index contributed by atoms with van der Waals surface area (Å²) >= 11 is 0. The fraction of sp³-hybridized carbons (Fsp3) is 0.125. The lowest BCUT2D eigenvalue weighted by atomic mass is 10.2. The molecule has 2 rings (SSSR count). The van der Waals surface area contributed by atoms with E-state index in [1.807, 2.05) is 0 Å². The summed E-state index contributed by atoms with van der Waals surface area (Å²) in [5, 5.41) is 3.69. The SMILES string of the molecule is Nc1nc(N)n(Cc2c(F)cncc2F)n1. The molecule has 6 nitrogen and oxygen atoms in total. The van der Waals surface area contributed by atoms with Crippen molar-refractivity contribution in [2.45, 2.75) is 6.54 Å². The van der Waals surface area contributed by atoms with Crippen molar-refractivity contribution in [1.29, 1.82) is 0 Å². The zero-order valence-electron chi connectivity index (χ0n) is 8.06. The van der Waals surface area contributed by atoms with Crippen LogP contribution in [0.3, 0.4) is 0 Å². The maximum absolute atomic E-state index is 13.2. The summed E-state index contributed by atoms with van der Waals surface area (Å²) in [4.78, 5) is 6.98. The van der Waals surface area contributed by atoms with Gasteiger partial charge in [-0.2, -0.15) is 4.98 Å². The molecule has 16 heavy (non-hydrogen) atoms. The quantitative estimate of drug-likeness (QED) is 0.760. The Morgan fingerprint density at radius 3 is 2.31 bits per heavy atom. The van der Waals surface area contributed by atoms with Crippen LogP contribution >= 0.6 is 0 Å². The van der Waals surface area contributed by atoms with E-state index in [4.69, 9.17) is 11.5 Å². The average Bonchev–Trinajstić information content (AvgIpc) is 2.51. The molecule has 8 heteroatoms. The first-order valence-electron chi connectivity index (χ1n) is 4.31. The Morgan fingerprint density at radius 1 is 1.19 bits per heavy atom. The Hall–Kier alpha value is -2.25. The standard InChI is InChI=1S/C8H8F2N6/c9-5-1-13-2-6(10)4(5)3-16-8(12)14-7(11)15-16/h1-2H,3H2,(H4,11,12,14,15). The van der Waals surface area contributed by atoms with Gasteiger partial charge in [-0.1, -0.05) is 0 Å². The Bertz CT molecular complexity index is 503. The van der Waals surface area contributed by atoms with Crippen molar-refractivity contribution in [3.8, 4) is 0 Å². The van der Waals surface area contributed by atoms with Crippen molar-refractivity contribution in [2.75, 3.05) is 11.5 Å². The predicted molar refractivity (Wildman–Crippen MR) is 52.1 cm³/mol. The van der Waals surface area contributed by atoms with Gasteiger partial charge in [-0.25, -0.2) is 13.5 Å². The third-order valence-corrected chi connectivity index (χ3v) is 1.98. The second-order valence-electron chi connectivity index (χ2n) is 3.07. The molecule has 0 spiro atoms. The van der Waals surface area contributed by atoms with E-state index in [0.717, 1.165) is 17.1 Å². The van der Waals surface area contributed by atoms with E-state index in [2.05, 4.69) is 15.1 Å². The van der Waals surface area contributed by atoms with Gasteiger partial charge >= 0.3 is 0 Å². The first kappa shape index (κ1) is 10.3. The molecular formula is C8H8F2N6. The van der Waals surface area contributed by atoms with Gasteiger partial charge in [0.1, 0.15) is 11.6 Å². The fourth-order valence-electron chi connectivity index (χ4n) is 1.23. The van der Waals surface area contributed by atoms with E-state index in [1.165, 1.54) is 0 Å². The molecule has 0 bridgehead atoms. The molecule has 0 aromatic carbocycles. The minimum atomic E-state index is -0.770. The number of pyridine rings is 1. The first-order valence-corrected chi connectivity index (χ1v) is 4.31. The van der Waals surface area contributed by atoms with Crippen molar-refractivity contribution in [2.24, 2.45) is 0 Å². The summed E-state index contributed by atoms with van der Waals surface area (Å²) in [6, 6.07) is 0. The summed E-state index contributed by atoms with van der Waals surface area (Å²) < 4.78 is 27.6. The number of nitrogens with two attached hydrogens (primary N) is 2. The summed E-state index contributed by atoms with van der Waals surface area (Å²) in [6.45, 7) is -0.184. The van der Waals surface area contributed by atoms with Gasteiger partial charge in [0, 0.05) is 5.56 Å². The van der Waals surface area contributed by atoms with Gasteiger partial charge < -0.3 is 11.5 Å². The molecule has 2 aromatic rings. The maximum Gasteiger partial charge on any atom is 0.241 e. The molecule has 84 valence electrons. The van der Waals surface area contributed by atoms with Crippen LogP contribution in [0.15, 0.2) is 12.4 Å². The van der Waals surface area contributed by atoms with Gasteiger partial charge in [-0.05, 0) is 0 Å². The maximum atomic E-state index is 13.2. The van der Waals surface area contributed by atoms with Crippen LogP contribution in [-0.4, -0.2) is 19.7 Å². The van der Waals surface area contributed by atoms with E-state index >= 15 is 0 Å². The van der Waals surface area contributed by atoms with Crippen LogP contribution in [0, 0.1) is 11.6 Å². The van der Waals surface area contributed by atoms with Crippen molar-refractivity contribution in [1.82, 2.24) is 19.7 Å². The van der Waals surface area contributed by atoms with Crippen molar-refractivity contribution >= 4 is 11.9 Å². The number of hydrogen-bond acceptors (Lipinski definition) is 5. The number of aromatic nitrogens is 4. The first-order chi connectivity index (χ1) is 7.58. The Morgan fingerprint density at radius 2 is 1.81 bits per heavy atom. The highest BCUT2D eigenvalue weighted by Crippen LogP contribution is 2.13. The summed E-state index contributed by atoms with van der Waals surface area (Å²) in [5.74, 6) is -1.59. The number of nitrogen functional groups attached to an aromatic ring is 2. The van der Waals surface area contributed by atoms with Crippen LogP contribution in [0.1, 0.15) is 5.56 Å². The van der Waals surface area contributed by atoms with Gasteiger partial charge in [0.05, 0.1) is 18.9 Å². The molecule has 2 heterocycles. The molecule has 0 fully saturated rings. The normalized spacial score (nSPS) is 10.6. The van der Waals surface area contributed by atoms with Gasteiger partial charge in [-0.3, -0.25) is 4.98 Å². The van der Waals surface area contributed by atoms with E-state index in [0.29, 0.717) is 0 Å².